The highest BCUT2D eigenvalue weighted by Gasteiger charge is 2.29. The van der Waals surface area contributed by atoms with Crippen molar-refractivity contribution in [3.8, 4) is 0 Å². The van der Waals surface area contributed by atoms with Crippen LogP contribution in [0, 0.1) is 5.41 Å². The first kappa shape index (κ1) is 12.9. The van der Waals surface area contributed by atoms with Gasteiger partial charge >= 0.3 is 0 Å². The predicted octanol–water partition coefficient (Wildman–Crippen LogP) is 1.34. The molecule has 0 amide bonds. The molecule has 0 bridgehead atoms. The Hall–Kier alpha value is -0.120. The molecule has 0 radical (unpaired) electrons. The van der Waals surface area contributed by atoms with E-state index in [1.54, 1.807) is 0 Å². The minimum Gasteiger partial charge on any atom is -0.380 e. The first-order chi connectivity index (χ1) is 6.97. The molecule has 0 spiro atoms. The number of likely N-dealkylation sites (N-methyl/N-ethyl adjacent to an activating group) is 1. The number of hydrogen-bond donors (Lipinski definition) is 1. The standard InChI is InChI=1S/C12H26N2O/c1-12(2,3)11(13-4)9-14-7-6-10(8-14)15-5/h10-11,13H,6-9H2,1-5H3. The van der Waals surface area contributed by atoms with E-state index in [-0.39, 0.29) is 0 Å². The van der Waals surface area contributed by atoms with Crippen LogP contribution >= 0.6 is 0 Å². The maximum atomic E-state index is 5.38. The van der Waals surface area contributed by atoms with Crippen molar-refractivity contribution in [2.75, 3.05) is 33.8 Å². The highest BCUT2D eigenvalue weighted by Crippen LogP contribution is 2.21. The summed E-state index contributed by atoms with van der Waals surface area (Å²) in [6.45, 7) is 10.3. The molecule has 1 rings (SSSR count). The summed E-state index contributed by atoms with van der Waals surface area (Å²) in [5.41, 5.74) is 0.319. The van der Waals surface area contributed by atoms with E-state index >= 15 is 0 Å². The van der Waals surface area contributed by atoms with E-state index in [1.807, 2.05) is 7.11 Å². The fourth-order valence-electron chi connectivity index (χ4n) is 2.21. The highest BCUT2D eigenvalue weighted by molar-refractivity contribution is 4.85. The van der Waals surface area contributed by atoms with Crippen molar-refractivity contribution in [3.05, 3.63) is 0 Å². The number of nitrogens with one attached hydrogen (secondary N) is 1. The Morgan fingerprint density at radius 1 is 1.47 bits per heavy atom. The van der Waals surface area contributed by atoms with E-state index in [0.717, 1.165) is 13.1 Å². The number of likely N-dealkylation sites (tertiary alicyclic amines) is 1. The van der Waals surface area contributed by atoms with Crippen molar-refractivity contribution in [1.29, 1.82) is 0 Å². The van der Waals surface area contributed by atoms with E-state index in [4.69, 9.17) is 4.74 Å². The van der Waals surface area contributed by atoms with Crippen LogP contribution in [0.5, 0.6) is 0 Å². The number of rotatable bonds is 4. The molecule has 1 heterocycles. The number of ether oxygens (including phenoxy) is 1. The molecule has 3 nitrogen and oxygen atoms in total. The Morgan fingerprint density at radius 2 is 2.13 bits per heavy atom. The summed E-state index contributed by atoms with van der Waals surface area (Å²) in [5.74, 6) is 0. The zero-order valence-electron chi connectivity index (χ0n) is 10.8. The summed E-state index contributed by atoms with van der Waals surface area (Å²) in [6.07, 6.45) is 1.62. The molecule has 1 aliphatic rings. The lowest BCUT2D eigenvalue weighted by Gasteiger charge is -2.33. The van der Waals surface area contributed by atoms with Crippen molar-refractivity contribution < 1.29 is 4.74 Å². The van der Waals surface area contributed by atoms with Gasteiger partial charge in [0.1, 0.15) is 0 Å². The van der Waals surface area contributed by atoms with Gasteiger partial charge in [0.15, 0.2) is 0 Å². The lowest BCUT2D eigenvalue weighted by Crippen LogP contribution is -2.46. The normalized spacial score (nSPS) is 25.8. The Balaban J connectivity index is 2.40. The van der Waals surface area contributed by atoms with Crippen LogP contribution in [0.15, 0.2) is 0 Å². The largest absolute Gasteiger partial charge is 0.380 e. The van der Waals surface area contributed by atoms with Crippen molar-refractivity contribution in [1.82, 2.24) is 10.2 Å². The third-order valence-corrected chi connectivity index (χ3v) is 3.40. The molecule has 1 fully saturated rings. The molecule has 90 valence electrons. The molecule has 3 heteroatoms. The van der Waals surface area contributed by atoms with Crippen LogP contribution in [0.1, 0.15) is 27.2 Å². The second-order valence-electron chi connectivity index (χ2n) is 5.61. The van der Waals surface area contributed by atoms with E-state index in [9.17, 15) is 0 Å². The number of nitrogens with zero attached hydrogens (tertiary/aromatic N) is 1. The minimum atomic E-state index is 0.319. The smallest absolute Gasteiger partial charge is 0.0710 e. The van der Waals surface area contributed by atoms with Gasteiger partial charge < -0.3 is 10.1 Å². The Labute approximate surface area is 94.2 Å². The summed E-state index contributed by atoms with van der Waals surface area (Å²) < 4.78 is 5.38. The minimum absolute atomic E-state index is 0.319. The van der Waals surface area contributed by atoms with Crippen molar-refractivity contribution in [3.63, 3.8) is 0 Å². The molecule has 0 saturated carbocycles. The topological polar surface area (TPSA) is 24.5 Å². The highest BCUT2D eigenvalue weighted by atomic mass is 16.5. The second-order valence-corrected chi connectivity index (χ2v) is 5.61. The summed E-state index contributed by atoms with van der Waals surface area (Å²) in [4.78, 5) is 2.50. The van der Waals surface area contributed by atoms with Crippen LogP contribution in [0.25, 0.3) is 0 Å². The quantitative estimate of drug-likeness (QED) is 0.764. The second kappa shape index (κ2) is 5.28. The Kier molecular flexibility index (Phi) is 4.56. The predicted molar refractivity (Wildman–Crippen MR) is 64.2 cm³/mol. The molecule has 2 unspecified atom stereocenters. The molecule has 1 saturated heterocycles. The van der Waals surface area contributed by atoms with Gasteiger partial charge in [-0.1, -0.05) is 20.8 Å². The first-order valence-electron chi connectivity index (χ1n) is 5.89. The van der Waals surface area contributed by atoms with Crippen LogP contribution in [-0.2, 0) is 4.74 Å². The Bertz CT molecular complexity index is 189. The third-order valence-electron chi connectivity index (χ3n) is 3.40. The molecular formula is C12H26N2O. The molecular weight excluding hydrogens is 188 g/mol. The summed E-state index contributed by atoms with van der Waals surface area (Å²) in [5, 5.41) is 3.42. The molecule has 0 aromatic carbocycles. The summed E-state index contributed by atoms with van der Waals surface area (Å²) >= 11 is 0. The van der Waals surface area contributed by atoms with Gasteiger partial charge in [0, 0.05) is 32.8 Å². The molecule has 0 aromatic rings. The van der Waals surface area contributed by atoms with E-state index in [2.05, 4.69) is 38.0 Å². The maximum absolute atomic E-state index is 5.38. The molecule has 2 atom stereocenters. The average molecular weight is 214 g/mol. The van der Waals surface area contributed by atoms with Gasteiger partial charge in [0.05, 0.1) is 6.10 Å². The van der Waals surface area contributed by atoms with Crippen molar-refractivity contribution in [2.45, 2.75) is 39.3 Å². The zero-order valence-corrected chi connectivity index (χ0v) is 10.8. The molecule has 0 aromatic heterocycles. The lowest BCUT2D eigenvalue weighted by atomic mass is 9.86. The summed E-state index contributed by atoms with van der Waals surface area (Å²) in [7, 11) is 3.87. The van der Waals surface area contributed by atoms with Gasteiger partial charge in [0.25, 0.3) is 0 Å². The zero-order chi connectivity index (χ0) is 11.5. The van der Waals surface area contributed by atoms with Gasteiger partial charge in [-0.2, -0.15) is 0 Å². The van der Waals surface area contributed by atoms with Crippen LogP contribution in [0.4, 0.5) is 0 Å². The van der Waals surface area contributed by atoms with Gasteiger partial charge in [-0.05, 0) is 18.9 Å². The van der Waals surface area contributed by atoms with Crippen LogP contribution in [-0.4, -0.2) is 50.8 Å². The van der Waals surface area contributed by atoms with Crippen LogP contribution in [0.3, 0.4) is 0 Å². The van der Waals surface area contributed by atoms with E-state index < -0.39 is 0 Å². The average Bonchev–Trinajstić information content (AvgIpc) is 2.59. The van der Waals surface area contributed by atoms with E-state index in [1.165, 1.54) is 13.0 Å². The maximum Gasteiger partial charge on any atom is 0.0710 e. The first-order valence-corrected chi connectivity index (χ1v) is 5.89. The number of hydrogen-bond acceptors (Lipinski definition) is 3. The van der Waals surface area contributed by atoms with Gasteiger partial charge in [-0.25, -0.2) is 0 Å². The van der Waals surface area contributed by atoms with Crippen molar-refractivity contribution >= 4 is 0 Å². The van der Waals surface area contributed by atoms with E-state index in [0.29, 0.717) is 17.6 Å². The van der Waals surface area contributed by atoms with Crippen molar-refractivity contribution in [2.24, 2.45) is 5.41 Å². The fraction of sp³-hybridized carbons (Fsp3) is 1.00. The molecule has 15 heavy (non-hydrogen) atoms. The fourth-order valence-corrected chi connectivity index (χ4v) is 2.21. The Morgan fingerprint density at radius 3 is 2.53 bits per heavy atom. The van der Waals surface area contributed by atoms with Crippen LogP contribution in [0.2, 0.25) is 0 Å². The molecule has 1 aliphatic heterocycles. The van der Waals surface area contributed by atoms with Gasteiger partial charge in [-0.15, -0.1) is 0 Å². The van der Waals surface area contributed by atoms with Crippen LogP contribution < -0.4 is 5.32 Å². The van der Waals surface area contributed by atoms with Gasteiger partial charge in [0.2, 0.25) is 0 Å². The number of methoxy groups -OCH3 is 1. The molecule has 1 N–H and O–H groups in total. The monoisotopic (exact) mass is 214 g/mol. The van der Waals surface area contributed by atoms with Gasteiger partial charge in [-0.3, -0.25) is 4.90 Å². The molecule has 0 aliphatic carbocycles. The lowest BCUT2D eigenvalue weighted by molar-refractivity contribution is 0.103. The summed E-state index contributed by atoms with van der Waals surface area (Å²) in [6, 6.07) is 0.549. The third kappa shape index (κ3) is 3.74. The SMILES string of the molecule is CNC(CN1CCC(OC)C1)C(C)(C)C.